The third kappa shape index (κ3) is 5.80. The zero-order valence-electron chi connectivity index (χ0n) is 19.6. The second kappa shape index (κ2) is 10.6. The molecule has 3 atom stereocenters. The van der Waals surface area contributed by atoms with Crippen LogP contribution in [0.5, 0.6) is 0 Å². The molecular formula is C25H29N5O5. The number of benzene rings is 1. The lowest BCUT2D eigenvalue weighted by atomic mass is 9.91. The molecular weight excluding hydrogens is 450 g/mol. The van der Waals surface area contributed by atoms with Crippen molar-refractivity contribution in [3.8, 4) is 6.07 Å². The smallest absolute Gasteiger partial charge is 0.328 e. The van der Waals surface area contributed by atoms with Crippen LogP contribution in [0.15, 0.2) is 24.3 Å². The Morgan fingerprint density at radius 3 is 2.66 bits per heavy atom. The van der Waals surface area contributed by atoms with Gasteiger partial charge in [0.1, 0.15) is 17.8 Å². The van der Waals surface area contributed by atoms with E-state index in [9.17, 15) is 24.4 Å². The molecule has 2 heterocycles. The molecule has 184 valence electrons. The highest BCUT2D eigenvalue weighted by atomic mass is 16.5. The maximum atomic E-state index is 13.2. The van der Waals surface area contributed by atoms with Crippen molar-refractivity contribution in [1.29, 1.82) is 5.26 Å². The van der Waals surface area contributed by atoms with Crippen molar-refractivity contribution < 1.29 is 23.9 Å². The first-order valence-electron chi connectivity index (χ1n) is 11.9. The van der Waals surface area contributed by atoms with Crippen LogP contribution in [0.3, 0.4) is 0 Å². The number of nitrogens with one attached hydrogen (secondary N) is 4. The number of carbonyl (C=O) groups excluding carboxylic acids is 4. The van der Waals surface area contributed by atoms with E-state index in [-0.39, 0.29) is 18.0 Å². The van der Waals surface area contributed by atoms with Crippen LogP contribution in [-0.2, 0) is 19.1 Å². The molecule has 1 aromatic carbocycles. The van der Waals surface area contributed by atoms with E-state index in [2.05, 4.69) is 27.0 Å². The number of amides is 3. The summed E-state index contributed by atoms with van der Waals surface area (Å²) in [7, 11) is 1.23. The zero-order valence-corrected chi connectivity index (χ0v) is 19.6. The predicted octanol–water partition coefficient (Wildman–Crippen LogP) is 1.51. The zero-order chi connectivity index (χ0) is 24.9. The van der Waals surface area contributed by atoms with Crippen LogP contribution in [0.4, 0.5) is 0 Å². The average Bonchev–Trinajstić information content (AvgIpc) is 3.57. The standard InChI is InChI=1S/C25H29N5O5/c1-35-25(34)21(11-15-5-3-9-27-22(15)31)30-23(32)19(10-14-7-8-14)29-24(33)20-12-17-16(13-26)4-2-6-18(17)28-20/h2,4,6,12,14-15,19,21,28H,3,5,7-11H2,1H3,(H,27,31)(H,29,33)(H,30,32). The second-order valence-electron chi connectivity index (χ2n) is 9.22. The number of methoxy groups -OCH3 is 1. The van der Waals surface area contributed by atoms with Gasteiger partial charge in [-0.1, -0.05) is 18.9 Å². The van der Waals surface area contributed by atoms with Crippen molar-refractivity contribution in [2.45, 2.75) is 50.6 Å². The van der Waals surface area contributed by atoms with Gasteiger partial charge in [-0.25, -0.2) is 4.79 Å². The van der Waals surface area contributed by atoms with Gasteiger partial charge in [-0.05, 0) is 49.8 Å². The molecule has 0 spiro atoms. The minimum absolute atomic E-state index is 0.132. The van der Waals surface area contributed by atoms with Crippen LogP contribution in [-0.4, -0.2) is 54.4 Å². The molecule has 0 bridgehead atoms. The number of carbonyl (C=O) groups is 4. The van der Waals surface area contributed by atoms with Gasteiger partial charge in [0.15, 0.2) is 0 Å². The van der Waals surface area contributed by atoms with Crippen LogP contribution in [0.1, 0.15) is 54.6 Å². The summed E-state index contributed by atoms with van der Waals surface area (Å²) in [5.41, 5.74) is 1.33. The summed E-state index contributed by atoms with van der Waals surface area (Å²) in [5.74, 6) is -1.83. The van der Waals surface area contributed by atoms with Gasteiger partial charge < -0.3 is 25.7 Å². The van der Waals surface area contributed by atoms with Crippen molar-refractivity contribution in [2.75, 3.05) is 13.7 Å². The largest absolute Gasteiger partial charge is 0.467 e. The quantitative estimate of drug-likeness (QED) is 0.400. The Labute approximate surface area is 202 Å². The van der Waals surface area contributed by atoms with Crippen molar-refractivity contribution in [1.82, 2.24) is 20.9 Å². The molecule has 3 unspecified atom stereocenters. The third-order valence-corrected chi connectivity index (χ3v) is 6.64. The number of rotatable bonds is 9. The van der Waals surface area contributed by atoms with E-state index in [0.29, 0.717) is 41.8 Å². The average molecular weight is 480 g/mol. The molecule has 1 saturated carbocycles. The Hall–Kier alpha value is -3.87. The lowest BCUT2D eigenvalue weighted by molar-refractivity contribution is -0.146. The maximum Gasteiger partial charge on any atom is 0.328 e. The minimum Gasteiger partial charge on any atom is -0.467 e. The Balaban J connectivity index is 1.48. The number of nitrogens with zero attached hydrogens (tertiary/aromatic N) is 1. The normalized spacial score (nSPS) is 19.2. The third-order valence-electron chi connectivity index (χ3n) is 6.64. The summed E-state index contributed by atoms with van der Waals surface area (Å²) in [6, 6.07) is 7.00. The molecule has 10 nitrogen and oxygen atoms in total. The van der Waals surface area contributed by atoms with E-state index in [1.807, 2.05) is 0 Å². The summed E-state index contributed by atoms with van der Waals surface area (Å²) >= 11 is 0. The number of piperidine rings is 1. The monoisotopic (exact) mass is 479 g/mol. The molecule has 35 heavy (non-hydrogen) atoms. The van der Waals surface area contributed by atoms with Crippen molar-refractivity contribution in [3.63, 3.8) is 0 Å². The molecule has 1 saturated heterocycles. The summed E-state index contributed by atoms with van der Waals surface area (Å²) in [5, 5.41) is 18.2. The van der Waals surface area contributed by atoms with Crippen LogP contribution >= 0.6 is 0 Å². The Morgan fingerprint density at radius 1 is 1.17 bits per heavy atom. The Morgan fingerprint density at radius 2 is 1.97 bits per heavy atom. The number of hydrogen-bond donors (Lipinski definition) is 4. The van der Waals surface area contributed by atoms with E-state index >= 15 is 0 Å². The number of ether oxygens (including phenoxy) is 1. The fraction of sp³-hybridized carbons (Fsp3) is 0.480. The topological polar surface area (TPSA) is 153 Å². The molecule has 0 radical (unpaired) electrons. The summed E-state index contributed by atoms with van der Waals surface area (Å²) in [6.07, 6.45) is 3.95. The number of aromatic nitrogens is 1. The molecule has 1 aliphatic heterocycles. The fourth-order valence-corrected chi connectivity index (χ4v) is 4.50. The van der Waals surface area contributed by atoms with Gasteiger partial charge in [0.05, 0.1) is 18.7 Å². The highest BCUT2D eigenvalue weighted by Crippen LogP contribution is 2.33. The Bertz CT molecular complexity index is 1180. The van der Waals surface area contributed by atoms with Crippen LogP contribution < -0.4 is 16.0 Å². The van der Waals surface area contributed by atoms with Crippen LogP contribution in [0.25, 0.3) is 10.9 Å². The first-order chi connectivity index (χ1) is 16.9. The van der Waals surface area contributed by atoms with Gasteiger partial charge in [-0.15, -0.1) is 0 Å². The molecule has 2 fully saturated rings. The number of aromatic amines is 1. The second-order valence-corrected chi connectivity index (χ2v) is 9.22. The fourth-order valence-electron chi connectivity index (χ4n) is 4.50. The Kier molecular flexibility index (Phi) is 7.34. The molecule has 1 aliphatic carbocycles. The number of esters is 1. The van der Waals surface area contributed by atoms with Gasteiger partial charge >= 0.3 is 5.97 Å². The minimum atomic E-state index is -0.994. The van der Waals surface area contributed by atoms with Crippen LogP contribution in [0, 0.1) is 23.2 Å². The number of nitriles is 1. The number of H-pyrrole nitrogens is 1. The predicted molar refractivity (Wildman–Crippen MR) is 126 cm³/mol. The van der Waals surface area contributed by atoms with Crippen molar-refractivity contribution in [2.24, 2.45) is 11.8 Å². The molecule has 3 amide bonds. The molecule has 4 N–H and O–H groups in total. The highest BCUT2D eigenvalue weighted by Gasteiger charge is 2.35. The van der Waals surface area contributed by atoms with Crippen molar-refractivity contribution in [3.05, 3.63) is 35.5 Å². The van der Waals surface area contributed by atoms with Gasteiger partial charge in [0.2, 0.25) is 11.8 Å². The molecule has 2 aliphatic rings. The van der Waals surface area contributed by atoms with E-state index in [1.165, 1.54) is 7.11 Å². The first kappa shape index (κ1) is 24.3. The summed E-state index contributed by atoms with van der Waals surface area (Å²) in [6.45, 7) is 0.601. The summed E-state index contributed by atoms with van der Waals surface area (Å²) in [4.78, 5) is 53.8. The van der Waals surface area contributed by atoms with Gasteiger partial charge in [0, 0.05) is 23.4 Å². The van der Waals surface area contributed by atoms with E-state index in [1.54, 1.807) is 24.3 Å². The van der Waals surface area contributed by atoms with Gasteiger partial charge in [-0.2, -0.15) is 5.26 Å². The SMILES string of the molecule is COC(=O)C(CC1CCCNC1=O)NC(=O)C(CC1CC1)NC(=O)c1cc2c(C#N)cccc2[nH]1. The first-order valence-corrected chi connectivity index (χ1v) is 11.9. The number of fused-ring (bicyclic) bond motifs is 1. The van der Waals surface area contributed by atoms with E-state index < -0.39 is 35.8 Å². The van der Waals surface area contributed by atoms with Gasteiger partial charge in [0.25, 0.3) is 5.91 Å². The molecule has 1 aromatic heterocycles. The van der Waals surface area contributed by atoms with Crippen molar-refractivity contribution >= 4 is 34.6 Å². The molecule has 4 rings (SSSR count). The highest BCUT2D eigenvalue weighted by molar-refractivity contribution is 6.01. The lowest BCUT2D eigenvalue weighted by Gasteiger charge is -2.27. The molecule has 10 heteroatoms. The number of hydrogen-bond acceptors (Lipinski definition) is 6. The maximum absolute atomic E-state index is 13.2. The van der Waals surface area contributed by atoms with Gasteiger partial charge in [-0.3, -0.25) is 14.4 Å². The van der Waals surface area contributed by atoms with Crippen LogP contribution in [0.2, 0.25) is 0 Å². The van der Waals surface area contributed by atoms with E-state index in [4.69, 9.17) is 4.74 Å². The molecule has 2 aromatic rings. The summed E-state index contributed by atoms with van der Waals surface area (Å²) < 4.78 is 4.87. The lowest BCUT2D eigenvalue weighted by Crippen LogP contribution is -2.53. The van der Waals surface area contributed by atoms with E-state index in [0.717, 1.165) is 19.3 Å².